The molecule has 0 aliphatic heterocycles. The first-order valence-electron chi connectivity index (χ1n) is 7.21. The summed E-state index contributed by atoms with van der Waals surface area (Å²) in [6.45, 7) is 0. The quantitative estimate of drug-likeness (QED) is 0.629. The SMILES string of the molecule is Oc1ccc(C(=Cc2cccc(O)c2)c2ccc(O)cc2)cc1. The van der Waals surface area contributed by atoms with Crippen molar-refractivity contribution in [2.24, 2.45) is 0 Å². The smallest absolute Gasteiger partial charge is 0.116 e. The largest absolute Gasteiger partial charge is 0.508 e. The highest BCUT2D eigenvalue weighted by molar-refractivity contribution is 5.91. The molecule has 0 aromatic heterocycles. The van der Waals surface area contributed by atoms with Gasteiger partial charge in [-0.25, -0.2) is 0 Å². The van der Waals surface area contributed by atoms with Crippen molar-refractivity contribution >= 4 is 11.6 Å². The minimum Gasteiger partial charge on any atom is -0.508 e. The van der Waals surface area contributed by atoms with E-state index in [0.29, 0.717) is 0 Å². The van der Waals surface area contributed by atoms with Crippen molar-refractivity contribution in [3.8, 4) is 17.2 Å². The lowest BCUT2D eigenvalue weighted by molar-refractivity contribution is 0.474. The highest BCUT2D eigenvalue weighted by Gasteiger charge is 2.06. The fourth-order valence-electron chi connectivity index (χ4n) is 2.40. The van der Waals surface area contributed by atoms with Crippen molar-refractivity contribution in [1.82, 2.24) is 0 Å². The van der Waals surface area contributed by atoms with Crippen LogP contribution in [-0.2, 0) is 0 Å². The van der Waals surface area contributed by atoms with E-state index >= 15 is 0 Å². The monoisotopic (exact) mass is 304 g/mol. The third kappa shape index (κ3) is 3.52. The van der Waals surface area contributed by atoms with Crippen molar-refractivity contribution in [3.05, 3.63) is 89.5 Å². The number of hydrogen-bond donors (Lipinski definition) is 3. The van der Waals surface area contributed by atoms with Crippen LogP contribution in [0.25, 0.3) is 11.6 Å². The average Bonchev–Trinajstić information content (AvgIpc) is 2.55. The van der Waals surface area contributed by atoms with Gasteiger partial charge < -0.3 is 15.3 Å². The van der Waals surface area contributed by atoms with Gasteiger partial charge in [0.2, 0.25) is 0 Å². The fourth-order valence-corrected chi connectivity index (χ4v) is 2.40. The molecule has 0 heterocycles. The van der Waals surface area contributed by atoms with Crippen LogP contribution in [0.3, 0.4) is 0 Å². The van der Waals surface area contributed by atoms with Gasteiger partial charge in [-0.3, -0.25) is 0 Å². The molecule has 3 aromatic rings. The highest BCUT2D eigenvalue weighted by Crippen LogP contribution is 2.29. The Hall–Kier alpha value is -3.20. The van der Waals surface area contributed by atoms with Crippen molar-refractivity contribution in [3.63, 3.8) is 0 Å². The molecule has 3 aromatic carbocycles. The zero-order chi connectivity index (χ0) is 16.2. The first-order chi connectivity index (χ1) is 11.1. The Morgan fingerprint density at radius 3 is 1.61 bits per heavy atom. The molecule has 23 heavy (non-hydrogen) atoms. The molecular formula is C20H16O3. The second-order valence-electron chi connectivity index (χ2n) is 5.25. The third-order valence-corrected chi connectivity index (χ3v) is 3.54. The maximum atomic E-state index is 9.64. The second kappa shape index (κ2) is 6.28. The lowest BCUT2D eigenvalue weighted by Crippen LogP contribution is -1.88. The zero-order valence-electron chi connectivity index (χ0n) is 12.3. The Labute approximate surface area is 134 Å². The molecule has 3 heteroatoms. The van der Waals surface area contributed by atoms with Gasteiger partial charge >= 0.3 is 0 Å². The maximum Gasteiger partial charge on any atom is 0.116 e. The van der Waals surface area contributed by atoms with Crippen LogP contribution in [0.4, 0.5) is 0 Å². The second-order valence-corrected chi connectivity index (χ2v) is 5.25. The summed E-state index contributed by atoms with van der Waals surface area (Å²) < 4.78 is 0. The molecule has 0 amide bonds. The Morgan fingerprint density at radius 1 is 0.609 bits per heavy atom. The first kappa shape index (κ1) is 14.7. The molecule has 0 radical (unpaired) electrons. The van der Waals surface area contributed by atoms with Crippen molar-refractivity contribution in [2.75, 3.05) is 0 Å². The Kier molecular flexibility index (Phi) is 4.02. The van der Waals surface area contributed by atoms with Crippen LogP contribution in [-0.4, -0.2) is 15.3 Å². The van der Waals surface area contributed by atoms with E-state index in [0.717, 1.165) is 22.3 Å². The molecule has 3 rings (SSSR count). The summed E-state index contributed by atoms with van der Waals surface area (Å²) in [4.78, 5) is 0. The highest BCUT2D eigenvalue weighted by atomic mass is 16.3. The molecule has 0 saturated heterocycles. The summed E-state index contributed by atoms with van der Waals surface area (Å²) in [6, 6.07) is 20.8. The van der Waals surface area contributed by atoms with Gasteiger partial charge in [-0.15, -0.1) is 0 Å². The molecule has 0 fully saturated rings. The van der Waals surface area contributed by atoms with Gasteiger partial charge in [0.25, 0.3) is 0 Å². The van der Waals surface area contributed by atoms with E-state index in [1.54, 1.807) is 42.5 Å². The maximum absolute atomic E-state index is 9.64. The average molecular weight is 304 g/mol. The number of phenolic OH excluding ortho intramolecular Hbond substituents is 3. The van der Waals surface area contributed by atoms with Gasteiger partial charge in [-0.2, -0.15) is 0 Å². The summed E-state index contributed by atoms with van der Waals surface area (Å²) >= 11 is 0. The predicted molar refractivity (Wildman–Crippen MR) is 91.3 cm³/mol. The van der Waals surface area contributed by atoms with Crippen molar-refractivity contribution < 1.29 is 15.3 Å². The standard InChI is InChI=1S/C20H16O3/c21-17-8-4-15(5-9-17)20(16-6-10-18(22)11-7-16)13-14-2-1-3-19(23)12-14/h1-13,21-23H. The zero-order valence-corrected chi connectivity index (χ0v) is 12.3. The molecule has 0 aliphatic carbocycles. The topological polar surface area (TPSA) is 60.7 Å². The summed E-state index contributed by atoms with van der Waals surface area (Å²) in [6.07, 6.45) is 1.96. The van der Waals surface area contributed by atoms with Gasteiger partial charge in [-0.1, -0.05) is 36.4 Å². The van der Waals surface area contributed by atoms with Gasteiger partial charge in [-0.05, 0) is 64.7 Å². The number of rotatable bonds is 3. The van der Waals surface area contributed by atoms with E-state index in [1.165, 1.54) is 0 Å². The van der Waals surface area contributed by atoms with Crippen molar-refractivity contribution in [2.45, 2.75) is 0 Å². The fraction of sp³-hybridized carbons (Fsp3) is 0. The number of hydrogen-bond acceptors (Lipinski definition) is 3. The minimum absolute atomic E-state index is 0.203. The summed E-state index contributed by atoms with van der Waals surface area (Å²) in [5.41, 5.74) is 3.64. The summed E-state index contributed by atoms with van der Waals surface area (Å²) in [7, 11) is 0. The number of benzene rings is 3. The molecule has 0 aliphatic rings. The molecule has 0 bridgehead atoms. The summed E-state index contributed by atoms with van der Waals surface area (Å²) in [5, 5.41) is 28.6. The molecule has 3 N–H and O–H groups in total. The van der Waals surface area contributed by atoms with Gasteiger partial charge in [0.05, 0.1) is 0 Å². The van der Waals surface area contributed by atoms with Crippen LogP contribution in [0.2, 0.25) is 0 Å². The van der Waals surface area contributed by atoms with Gasteiger partial charge in [0, 0.05) is 0 Å². The van der Waals surface area contributed by atoms with Crippen molar-refractivity contribution in [1.29, 1.82) is 0 Å². The molecule has 0 atom stereocenters. The van der Waals surface area contributed by atoms with Crippen LogP contribution >= 0.6 is 0 Å². The molecule has 0 saturated carbocycles. The molecule has 0 unspecified atom stereocenters. The van der Waals surface area contributed by atoms with Crippen LogP contribution in [0.1, 0.15) is 16.7 Å². The molecule has 114 valence electrons. The molecule has 3 nitrogen and oxygen atoms in total. The normalized spacial score (nSPS) is 10.3. The molecular weight excluding hydrogens is 288 g/mol. The van der Waals surface area contributed by atoms with Gasteiger partial charge in [0.15, 0.2) is 0 Å². The third-order valence-electron chi connectivity index (χ3n) is 3.54. The van der Waals surface area contributed by atoms with E-state index in [4.69, 9.17) is 0 Å². The van der Waals surface area contributed by atoms with E-state index in [9.17, 15) is 15.3 Å². The van der Waals surface area contributed by atoms with Crippen LogP contribution in [0, 0.1) is 0 Å². The van der Waals surface area contributed by atoms with E-state index < -0.39 is 0 Å². The minimum atomic E-state index is 0.203. The summed E-state index contributed by atoms with van der Waals surface area (Å²) in [5.74, 6) is 0.613. The van der Waals surface area contributed by atoms with Crippen LogP contribution < -0.4 is 0 Å². The van der Waals surface area contributed by atoms with E-state index in [1.807, 2.05) is 36.4 Å². The number of phenols is 3. The van der Waals surface area contributed by atoms with Gasteiger partial charge in [0.1, 0.15) is 17.2 Å². The predicted octanol–water partition coefficient (Wildman–Crippen LogP) is 4.39. The van der Waals surface area contributed by atoms with Crippen LogP contribution in [0.15, 0.2) is 72.8 Å². The van der Waals surface area contributed by atoms with E-state index in [-0.39, 0.29) is 17.2 Å². The number of aromatic hydroxyl groups is 3. The lowest BCUT2D eigenvalue weighted by atomic mass is 9.95. The Morgan fingerprint density at radius 2 is 1.13 bits per heavy atom. The van der Waals surface area contributed by atoms with Crippen LogP contribution in [0.5, 0.6) is 17.2 Å². The first-order valence-corrected chi connectivity index (χ1v) is 7.21. The van der Waals surface area contributed by atoms with E-state index in [2.05, 4.69) is 0 Å². The lowest BCUT2D eigenvalue weighted by Gasteiger charge is -2.10. The molecule has 0 spiro atoms. The Balaban J connectivity index is 2.13. The Bertz CT molecular complexity index is 784.